The minimum Gasteiger partial charge on any atom is -0.378 e. The van der Waals surface area contributed by atoms with Gasteiger partial charge in [-0.1, -0.05) is 12.1 Å². The molecule has 3 aliphatic heterocycles. The third-order valence-electron chi connectivity index (χ3n) is 7.63. The van der Waals surface area contributed by atoms with Gasteiger partial charge < -0.3 is 19.5 Å². The van der Waals surface area contributed by atoms with Gasteiger partial charge in [0.25, 0.3) is 0 Å². The summed E-state index contributed by atoms with van der Waals surface area (Å²) in [7, 11) is 4.15. The minimum absolute atomic E-state index is 0.0881. The number of nitrogens with zero attached hydrogens (tertiary/aromatic N) is 5. The Bertz CT molecular complexity index is 1020. The fourth-order valence-electron chi connectivity index (χ4n) is 5.61. The molecule has 1 aromatic carbocycles. The first-order valence-electron chi connectivity index (χ1n) is 12.0. The monoisotopic (exact) mass is 454 g/mol. The van der Waals surface area contributed by atoms with Crippen LogP contribution in [0.25, 0.3) is 11.0 Å². The van der Waals surface area contributed by atoms with Crippen molar-refractivity contribution in [1.29, 1.82) is 0 Å². The van der Waals surface area contributed by atoms with Gasteiger partial charge in [-0.2, -0.15) is 0 Å². The average Bonchev–Trinajstić information content (AvgIpc) is 3.37. The third kappa shape index (κ3) is 4.37. The van der Waals surface area contributed by atoms with Crippen LogP contribution in [-0.4, -0.2) is 101 Å². The Kier molecular flexibility index (Phi) is 6.36. The summed E-state index contributed by atoms with van der Waals surface area (Å²) in [6.07, 6.45) is 2.19. The number of hydrogen-bond donors (Lipinski definition) is 1. The van der Waals surface area contributed by atoms with Crippen LogP contribution in [0.15, 0.2) is 24.3 Å². The zero-order chi connectivity index (χ0) is 22.9. The molecule has 2 amide bonds. The molecule has 0 spiro atoms. The van der Waals surface area contributed by atoms with Crippen LogP contribution in [0.3, 0.4) is 0 Å². The third-order valence-corrected chi connectivity index (χ3v) is 7.63. The number of benzene rings is 1. The van der Waals surface area contributed by atoms with Gasteiger partial charge in [0.05, 0.1) is 30.8 Å². The van der Waals surface area contributed by atoms with E-state index in [-0.39, 0.29) is 29.9 Å². The second-order valence-electron chi connectivity index (χ2n) is 9.44. The molecule has 1 aromatic heterocycles. The Morgan fingerprint density at radius 1 is 1.18 bits per heavy atom. The first kappa shape index (κ1) is 22.3. The van der Waals surface area contributed by atoms with Gasteiger partial charge in [-0.3, -0.25) is 19.4 Å². The lowest BCUT2D eigenvalue weighted by atomic mass is 10.0. The Labute approximate surface area is 194 Å². The molecule has 0 radical (unpaired) electrons. The van der Waals surface area contributed by atoms with Crippen molar-refractivity contribution in [2.75, 3.05) is 46.4 Å². The Hall–Kier alpha value is -2.49. The Morgan fingerprint density at radius 2 is 1.97 bits per heavy atom. The van der Waals surface area contributed by atoms with E-state index in [1.54, 1.807) is 0 Å². The smallest absolute Gasteiger partial charge is 0.239 e. The number of carbonyl (C=O) groups is 2. The van der Waals surface area contributed by atoms with Crippen molar-refractivity contribution in [3.63, 3.8) is 0 Å². The number of nitrogens with one attached hydrogen (secondary N) is 1. The predicted molar refractivity (Wildman–Crippen MR) is 125 cm³/mol. The van der Waals surface area contributed by atoms with Crippen molar-refractivity contribution in [3.05, 3.63) is 30.1 Å². The molecule has 4 heterocycles. The number of imidazole rings is 1. The Morgan fingerprint density at radius 3 is 2.76 bits per heavy atom. The molecule has 33 heavy (non-hydrogen) atoms. The standard InChI is InChI=1S/C24H34N6O3/c1-27-17(7-8-22(31)29-11-13-33-14-12-29)15-25-24(32)23-20(27)9-10-30(23)16-21-26-18-5-3-4-6-19(18)28(21)2/h3-6,17,20,23H,7-16H2,1-2H3,(H,25,32). The van der Waals surface area contributed by atoms with Crippen molar-refractivity contribution in [2.24, 2.45) is 7.05 Å². The fourth-order valence-corrected chi connectivity index (χ4v) is 5.61. The molecule has 9 nitrogen and oxygen atoms in total. The number of aryl methyl sites for hydroxylation is 1. The SMILES string of the molecule is CN1C(CCC(=O)N2CCOCC2)CNC(=O)C2C1CCN2Cc1nc2ccccc2n1C. The number of likely N-dealkylation sites (N-methyl/N-ethyl adjacent to an activating group) is 1. The second-order valence-corrected chi connectivity index (χ2v) is 9.44. The van der Waals surface area contributed by atoms with Crippen LogP contribution in [0.1, 0.15) is 25.1 Å². The molecule has 0 bridgehead atoms. The number of fused-ring (bicyclic) bond motifs is 2. The zero-order valence-corrected chi connectivity index (χ0v) is 19.6. The summed E-state index contributed by atoms with van der Waals surface area (Å²) < 4.78 is 7.48. The van der Waals surface area contributed by atoms with Gasteiger partial charge in [-0.15, -0.1) is 0 Å². The molecule has 178 valence electrons. The highest BCUT2D eigenvalue weighted by atomic mass is 16.5. The summed E-state index contributed by atoms with van der Waals surface area (Å²) in [4.78, 5) is 37.1. The van der Waals surface area contributed by atoms with Crippen LogP contribution in [0.5, 0.6) is 0 Å². The summed E-state index contributed by atoms with van der Waals surface area (Å²) in [5, 5.41) is 3.16. The number of rotatable bonds is 5. The number of ether oxygens (including phenoxy) is 1. The summed E-state index contributed by atoms with van der Waals surface area (Å²) >= 11 is 0. The topological polar surface area (TPSA) is 82.9 Å². The molecule has 3 unspecified atom stereocenters. The van der Waals surface area contributed by atoms with Crippen molar-refractivity contribution < 1.29 is 14.3 Å². The summed E-state index contributed by atoms with van der Waals surface area (Å²) in [5.74, 6) is 1.25. The van der Waals surface area contributed by atoms with Crippen LogP contribution in [0, 0.1) is 0 Å². The molecule has 2 aromatic rings. The number of aromatic nitrogens is 2. The quantitative estimate of drug-likeness (QED) is 0.712. The molecule has 0 aliphatic carbocycles. The molecular weight excluding hydrogens is 420 g/mol. The van der Waals surface area contributed by atoms with E-state index < -0.39 is 0 Å². The first-order valence-corrected chi connectivity index (χ1v) is 12.0. The molecule has 3 fully saturated rings. The molecule has 0 saturated carbocycles. The van der Waals surface area contributed by atoms with E-state index in [1.807, 2.05) is 30.1 Å². The highest BCUT2D eigenvalue weighted by Gasteiger charge is 2.45. The largest absolute Gasteiger partial charge is 0.378 e. The van der Waals surface area contributed by atoms with Crippen LogP contribution in [0.2, 0.25) is 0 Å². The lowest BCUT2D eigenvalue weighted by Gasteiger charge is -2.33. The van der Waals surface area contributed by atoms with E-state index in [0.29, 0.717) is 45.8 Å². The molecule has 5 rings (SSSR count). The molecule has 3 saturated heterocycles. The van der Waals surface area contributed by atoms with Gasteiger partial charge in [0.15, 0.2) is 0 Å². The van der Waals surface area contributed by atoms with E-state index in [9.17, 15) is 9.59 Å². The molecular formula is C24H34N6O3. The van der Waals surface area contributed by atoms with E-state index in [4.69, 9.17) is 9.72 Å². The average molecular weight is 455 g/mol. The van der Waals surface area contributed by atoms with Crippen LogP contribution < -0.4 is 5.32 Å². The summed E-state index contributed by atoms with van der Waals surface area (Å²) in [5.41, 5.74) is 2.09. The van der Waals surface area contributed by atoms with Gasteiger partial charge in [0.1, 0.15) is 11.9 Å². The normalized spacial score (nSPS) is 26.9. The maximum absolute atomic E-state index is 13.1. The minimum atomic E-state index is -0.199. The lowest BCUT2D eigenvalue weighted by Crippen LogP contribution is -2.49. The van der Waals surface area contributed by atoms with E-state index in [0.717, 1.165) is 36.2 Å². The highest BCUT2D eigenvalue weighted by molar-refractivity contribution is 5.83. The van der Waals surface area contributed by atoms with Crippen molar-refractivity contribution in [3.8, 4) is 0 Å². The van der Waals surface area contributed by atoms with E-state index in [1.165, 1.54) is 0 Å². The predicted octanol–water partition coefficient (Wildman–Crippen LogP) is 0.585. The van der Waals surface area contributed by atoms with Crippen LogP contribution >= 0.6 is 0 Å². The van der Waals surface area contributed by atoms with Gasteiger partial charge in [-0.25, -0.2) is 4.98 Å². The van der Waals surface area contributed by atoms with Crippen molar-refractivity contribution in [2.45, 2.75) is 43.9 Å². The lowest BCUT2D eigenvalue weighted by molar-refractivity contribution is -0.135. The van der Waals surface area contributed by atoms with E-state index in [2.05, 4.69) is 32.8 Å². The number of para-hydroxylation sites is 2. The maximum Gasteiger partial charge on any atom is 0.239 e. The summed E-state index contributed by atoms with van der Waals surface area (Å²) in [6, 6.07) is 8.23. The maximum atomic E-state index is 13.1. The van der Waals surface area contributed by atoms with Gasteiger partial charge >= 0.3 is 0 Å². The second kappa shape index (κ2) is 9.40. The van der Waals surface area contributed by atoms with Crippen molar-refractivity contribution in [1.82, 2.24) is 29.6 Å². The van der Waals surface area contributed by atoms with Crippen LogP contribution in [-0.2, 0) is 27.9 Å². The number of hydrogen-bond acceptors (Lipinski definition) is 6. The Balaban J connectivity index is 1.25. The van der Waals surface area contributed by atoms with Gasteiger partial charge in [0, 0.05) is 51.7 Å². The summed E-state index contributed by atoms with van der Waals surface area (Å²) in [6.45, 7) is 4.69. The van der Waals surface area contributed by atoms with Crippen molar-refractivity contribution >= 4 is 22.8 Å². The van der Waals surface area contributed by atoms with Gasteiger partial charge in [0.2, 0.25) is 11.8 Å². The fraction of sp³-hybridized carbons (Fsp3) is 0.625. The first-order chi connectivity index (χ1) is 16.0. The molecule has 3 aliphatic rings. The highest BCUT2D eigenvalue weighted by Crippen LogP contribution is 2.29. The zero-order valence-electron chi connectivity index (χ0n) is 19.6. The van der Waals surface area contributed by atoms with Crippen LogP contribution in [0.4, 0.5) is 0 Å². The number of morpholine rings is 1. The number of likely N-dealkylation sites (tertiary alicyclic amines) is 1. The molecule has 1 N–H and O–H groups in total. The van der Waals surface area contributed by atoms with E-state index >= 15 is 0 Å². The number of amides is 2. The molecule has 9 heteroatoms. The van der Waals surface area contributed by atoms with Gasteiger partial charge in [-0.05, 0) is 32.0 Å². The molecule has 3 atom stereocenters. The number of carbonyl (C=O) groups excluding carboxylic acids is 2.